The van der Waals surface area contributed by atoms with Gasteiger partial charge in [-0.25, -0.2) is 12.8 Å². The highest BCUT2D eigenvalue weighted by Gasteiger charge is 2.06. The van der Waals surface area contributed by atoms with Crippen molar-refractivity contribution in [3.63, 3.8) is 0 Å². The van der Waals surface area contributed by atoms with Crippen LogP contribution in [0.25, 0.3) is 0 Å². The predicted octanol–water partition coefficient (Wildman–Crippen LogP) is 1.53. The summed E-state index contributed by atoms with van der Waals surface area (Å²) in [7, 11) is -2.98. The minimum absolute atomic E-state index is 0.0557. The monoisotopic (exact) mass is 289 g/mol. The van der Waals surface area contributed by atoms with Crippen molar-refractivity contribution in [2.75, 3.05) is 18.6 Å². The van der Waals surface area contributed by atoms with E-state index in [1.54, 1.807) is 6.07 Å². The zero-order valence-corrected chi connectivity index (χ0v) is 12.0. The molecule has 0 spiro atoms. The van der Waals surface area contributed by atoms with Crippen molar-refractivity contribution in [2.45, 2.75) is 25.8 Å². The summed E-state index contributed by atoms with van der Waals surface area (Å²) in [5.74, 6) is 0.0927. The highest BCUT2D eigenvalue weighted by molar-refractivity contribution is 7.90. The molecule has 1 atom stereocenters. The lowest BCUT2D eigenvalue weighted by Gasteiger charge is -2.10. The Morgan fingerprint density at radius 3 is 2.63 bits per heavy atom. The van der Waals surface area contributed by atoms with Gasteiger partial charge in [0.1, 0.15) is 21.4 Å². The van der Waals surface area contributed by atoms with Crippen LogP contribution in [-0.4, -0.2) is 33.1 Å². The number of benzene rings is 1. The lowest BCUT2D eigenvalue weighted by Crippen LogP contribution is -2.17. The van der Waals surface area contributed by atoms with Crippen LogP contribution in [0.2, 0.25) is 0 Å². The van der Waals surface area contributed by atoms with Gasteiger partial charge in [0.25, 0.3) is 0 Å². The first-order valence-corrected chi connectivity index (χ1v) is 8.18. The van der Waals surface area contributed by atoms with Crippen molar-refractivity contribution in [1.82, 2.24) is 0 Å². The van der Waals surface area contributed by atoms with Gasteiger partial charge >= 0.3 is 0 Å². The van der Waals surface area contributed by atoms with Gasteiger partial charge in [-0.05, 0) is 37.5 Å². The summed E-state index contributed by atoms with van der Waals surface area (Å²) in [6, 6.07) is 4.38. The molecule has 1 aromatic carbocycles. The third-order valence-corrected chi connectivity index (χ3v) is 3.45. The van der Waals surface area contributed by atoms with Crippen LogP contribution in [-0.2, 0) is 16.3 Å². The van der Waals surface area contributed by atoms with Crippen LogP contribution in [0.1, 0.15) is 18.9 Å². The van der Waals surface area contributed by atoms with Gasteiger partial charge < -0.3 is 10.5 Å². The summed E-state index contributed by atoms with van der Waals surface area (Å²) >= 11 is 0. The van der Waals surface area contributed by atoms with Crippen LogP contribution in [0, 0.1) is 5.82 Å². The summed E-state index contributed by atoms with van der Waals surface area (Å²) in [6.07, 6.45) is 2.13. The number of hydrogen-bond acceptors (Lipinski definition) is 4. The summed E-state index contributed by atoms with van der Waals surface area (Å²) in [5.41, 5.74) is 6.44. The summed E-state index contributed by atoms with van der Waals surface area (Å²) in [5, 5.41) is 0. The van der Waals surface area contributed by atoms with E-state index in [-0.39, 0.29) is 24.2 Å². The molecule has 0 radical (unpaired) electrons. The predicted molar refractivity (Wildman–Crippen MR) is 73.6 cm³/mol. The van der Waals surface area contributed by atoms with Crippen LogP contribution in [0.4, 0.5) is 4.39 Å². The Labute approximate surface area is 113 Å². The third kappa shape index (κ3) is 7.12. The third-order valence-electron chi connectivity index (χ3n) is 2.42. The maximum atomic E-state index is 13.4. The van der Waals surface area contributed by atoms with E-state index in [0.717, 1.165) is 5.56 Å². The topological polar surface area (TPSA) is 69.4 Å². The zero-order chi connectivity index (χ0) is 14.5. The number of halogens is 1. The van der Waals surface area contributed by atoms with Crippen molar-refractivity contribution in [2.24, 2.45) is 5.73 Å². The second kappa shape index (κ2) is 6.86. The number of sulfone groups is 1. The molecule has 19 heavy (non-hydrogen) atoms. The van der Waals surface area contributed by atoms with Crippen LogP contribution in [0.3, 0.4) is 0 Å². The molecule has 0 saturated heterocycles. The minimum Gasteiger partial charge on any atom is -0.493 e. The molecule has 4 nitrogen and oxygen atoms in total. The van der Waals surface area contributed by atoms with E-state index in [2.05, 4.69) is 0 Å². The van der Waals surface area contributed by atoms with Crippen molar-refractivity contribution in [3.8, 4) is 5.75 Å². The maximum absolute atomic E-state index is 13.4. The number of rotatable bonds is 7. The lowest BCUT2D eigenvalue weighted by molar-refractivity contribution is 0.315. The molecule has 0 fully saturated rings. The van der Waals surface area contributed by atoms with Gasteiger partial charge in [-0.3, -0.25) is 0 Å². The summed E-state index contributed by atoms with van der Waals surface area (Å²) < 4.78 is 40.6. The lowest BCUT2D eigenvalue weighted by atomic mass is 10.1. The van der Waals surface area contributed by atoms with E-state index in [4.69, 9.17) is 10.5 Å². The first-order chi connectivity index (χ1) is 8.76. The molecule has 108 valence electrons. The SMILES string of the molecule is CC(N)Cc1cc(F)cc(OCCCS(C)(=O)=O)c1. The molecule has 0 aliphatic rings. The normalized spacial score (nSPS) is 13.3. The van der Waals surface area contributed by atoms with Gasteiger partial charge in [0.15, 0.2) is 0 Å². The van der Waals surface area contributed by atoms with Gasteiger partial charge in [0.05, 0.1) is 12.4 Å². The van der Waals surface area contributed by atoms with Crippen molar-refractivity contribution in [3.05, 3.63) is 29.6 Å². The molecular weight excluding hydrogens is 269 g/mol. The fourth-order valence-corrected chi connectivity index (χ4v) is 2.35. The average Bonchev–Trinajstić information content (AvgIpc) is 2.21. The van der Waals surface area contributed by atoms with Crippen molar-refractivity contribution in [1.29, 1.82) is 0 Å². The van der Waals surface area contributed by atoms with Gasteiger partial charge in [0.2, 0.25) is 0 Å². The maximum Gasteiger partial charge on any atom is 0.147 e. The molecule has 0 saturated carbocycles. The fourth-order valence-electron chi connectivity index (χ4n) is 1.70. The van der Waals surface area contributed by atoms with Crippen LogP contribution in [0.15, 0.2) is 18.2 Å². The Hall–Kier alpha value is -1.14. The van der Waals surface area contributed by atoms with E-state index in [0.29, 0.717) is 18.6 Å². The first kappa shape index (κ1) is 15.9. The number of hydrogen-bond donors (Lipinski definition) is 1. The molecule has 6 heteroatoms. The summed E-state index contributed by atoms with van der Waals surface area (Å²) in [6.45, 7) is 2.09. The molecule has 0 aliphatic heterocycles. The van der Waals surface area contributed by atoms with Crippen LogP contribution < -0.4 is 10.5 Å². The second-order valence-electron chi connectivity index (χ2n) is 4.81. The Morgan fingerprint density at radius 1 is 1.37 bits per heavy atom. The Kier molecular flexibility index (Phi) is 5.75. The van der Waals surface area contributed by atoms with Gasteiger partial charge in [-0.2, -0.15) is 0 Å². The quantitative estimate of drug-likeness (QED) is 0.773. The van der Waals surface area contributed by atoms with E-state index < -0.39 is 9.84 Å². The number of nitrogens with two attached hydrogens (primary N) is 1. The van der Waals surface area contributed by atoms with Crippen molar-refractivity contribution >= 4 is 9.84 Å². The van der Waals surface area contributed by atoms with E-state index in [1.165, 1.54) is 18.4 Å². The van der Waals surface area contributed by atoms with Gasteiger partial charge in [0, 0.05) is 18.4 Å². The zero-order valence-electron chi connectivity index (χ0n) is 11.2. The van der Waals surface area contributed by atoms with Crippen LogP contribution in [0.5, 0.6) is 5.75 Å². The molecule has 1 aromatic rings. The Morgan fingerprint density at radius 2 is 2.05 bits per heavy atom. The van der Waals surface area contributed by atoms with E-state index >= 15 is 0 Å². The molecular formula is C13H20FNO3S. The van der Waals surface area contributed by atoms with Gasteiger partial charge in [-0.15, -0.1) is 0 Å². The smallest absolute Gasteiger partial charge is 0.147 e. The average molecular weight is 289 g/mol. The fraction of sp³-hybridized carbons (Fsp3) is 0.538. The second-order valence-corrected chi connectivity index (χ2v) is 7.07. The molecule has 0 aliphatic carbocycles. The van der Waals surface area contributed by atoms with Crippen LogP contribution >= 0.6 is 0 Å². The molecule has 0 heterocycles. The molecule has 1 unspecified atom stereocenters. The molecule has 0 bridgehead atoms. The van der Waals surface area contributed by atoms with Crippen molar-refractivity contribution < 1.29 is 17.5 Å². The van der Waals surface area contributed by atoms with E-state index in [9.17, 15) is 12.8 Å². The molecule has 0 amide bonds. The number of ether oxygens (including phenoxy) is 1. The molecule has 2 N–H and O–H groups in total. The first-order valence-electron chi connectivity index (χ1n) is 6.12. The molecule has 0 aromatic heterocycles. The Balaban J connectivity index is 2.56. The van der Waals surface area contributed by atoms with E-state index in [1.807, 2.05) is 6.92 Å². The summed E-state index contributed by atoms with van der Waals surface area (Å²) in [4.78, 5) is 0. The molecule has 1 rings (SSSR count). The Bertz CT molecular complexity index is 515. The minimum atomic E-state index is -2.98. The highest BCUT2D eigenvalue weighted by atomic mass is 32.2. The standard InChI is InChI=1S/C13H20FNO3S/c1-10(15)6-11-7-12(14)9-13(8-11)18-4-3-5-19(2,16)17/h7-10H,3-6,15H2,1-2H3. The highest BCUT2D eigenvalue weighted by Crippen LogP contribution is 2.17. The largest absolute Gasteiger partial charge is 0.493 e. The van der Waals surface area contributed by atoms with Gasteiger partial charge in [-0.1, -0.05) is 0 Å².